The minimum atomic E-state index is -0.699. The van der Waals surface area contributed by atoms with Crippen molar-refractivity contribution in [1.82, 2.24) is 5.32 Å². The van der Waals surface area contributed by atoms with Gasteiger partial charge in [0.1, 0.15) is 11.5 Å². The van der Waals surface area contributed by atoms with Gasteiger partial charge in [-0.2, -0.15) is 0 Å². The summed E-state index contributed by atoms with van der Waals surface area (Å²) < 4.78 is 11.2. The zero-order valence-corrected chi connectivity index (χ0v) is 16.3. The molecule has 1 amide bonds. The molecule has 0 aromatic heterocycles. The summed E-state index contributed by atoms with van der Waals surface area (Å²) in [5.74, 6) is 0.405. The molecule has 0 saturated heterocycles. The third-order valence-corrected chi connectivity index (χ3v) is 5.69. The van der Waals surface area contributed by atoms with E-state index in [1.165, 1.54) is 0 Å². The normalized spacial score (nSPS) is 25.7. The van der Waals surface area contributed by atoms with Crippen molar-refractivity contribution in [3.63, 3.8) is 0 Å². The van der Waals surface area contributed by atoms with E-state index in [1.54, 1.807) is 13.2 Å². The molecule has 2 N–H and O–H groups in total. The topological polar surface area (TPSA) is 67.8 Å². The Morgan fingerprint density at radius 3 is 2.58 bits per heavy atom. The maximum absolute atomic E-state index is 12.9. The molecule has 1 aliphatic heterocycles. The second-order valence-corrected chi connectivity index (χ2v) is 7.36. The Bertz CT molecular complexity index is 736. The third kappa shape index (κ3) is 3.19. The fourth-order valence-electron chi connectivity index (χ4n) is 4.07. The van der Waals surface area contributed by atoms with E-state index in [0.29, 0.717) is 47.8 Å². The highest BCUT2D eigenvalue weighted by Crippen LogP contribution is 2.45. The summed E-state index contributed by atoms with van der Waals surface area (Å²) in [5.41, 5.74) is 1.16. The Kier molecular flexibility index (Phi) is 5.49. The van der Waals surface area contributed by atoms with Crippen LogP contribution in [0.3, 0.4) is 0 Å². The van der Waals surface area contributed by atoms with E-state index in [4.69, 9.17) is 21.1 Å². The van der Waals surface area contributed by atoms with Gasteiger partial charge in [0, 0.05) is 17.7 Å². The highest BCUT2D eigenvalue weighted by atomic mass is 35.5. The first-order chi connectivity index (χ1) is 12.5. The summed E-state index contributed by atoms with van der Waals surface area (Å²) in [6.07, 6.45) is 3.77. The van der Waals surface area contributed by atoms with Crippen LogP contribution in [0.15, 0.2) is 17.9 Å². The van der Waals surface area contributed by atoms with Gasteiger partial charge in [0.15, 0.2) is 0 Å². The number of amides is 1. The lowest BCUT2D eigenvalue weighted by Crippen LogP contribution is -2.48. The van der Waals surface area contributed by atoms with Gasteiger partial charge < -0.3 is 19.9 Å². The summed E-state index contributed by atoms with van der Waals surface area (Å²) >= 11 is 6.22. The van der Waals surface area contributed by atoms with E-state index in [9.17, 15) is 9.90 Å². The van der Waals surface area contributed by atoms with E-state index in [0.717, 1.165) is 18.4 Å². The van der Waals surface area contributed by atoms with Gasteiger partial charge in [0.25, 0.3) is 5.91 Å². The Hall–Kier alpha value is -1.72. The second kappa shape index (κ2) is 7.49. The standard InChI is InChI=1S/C20H26ClNO4/c1-4-12-10-13(21)11-15(26-5-2)16(12)17-18(23)20(22-19(17)24)8-6-14(25-3)7-9-20/h10-11,14,23H,4-9H2,1-3H3,(H,22,24)/t14-,20+. The van der Waals surface area contributed by atoms with Crippen LogP contribution in [0.5, 0.6) is 5.75 Å². The van der Waals surface area contributed by atoms with Crippen LogP contribution in [0.4, 0.5) is 0 Å². The van der Waals surface area contributed by atoms with Crippen molar-refractivity contribution in [2.75, 3.05) is 13.7 Å². The molecule has 1 aliphatic carbocycles. The molecule has 1 spiro atoms. The van der Waals surface area contributed by atoms with Gasteiger partial charge >= 0.3 is 0 Å². The lowest BCUT2D eigenvalue weighted by atomic mass is 9.79. The van der Waals surface area contributed by atoms with Gasteiger partial charge in [0.05, 0.1) is 23.8 Å². The van der Waals surface area contributed by atoms with Crippen LogP contribution in [0, 0.1) is 0 Å². The monoisotopic (exact) mass is 379 g/mol. The predicted octanol–water partition coefficient (Wildman–Crippen LogP) is 4.03. The predicted molar refractivity (Wildman–Crippen MR) is 102 cm³/mol. The SMILES string of the molecule is CCOc1cc(Cl)cc(CC)c1C1=C(O)[C@]2(CC[C@H](OC)CC2)NC1=O. The van der Waals surface area contributed by atoms with Crippen LogP contribution in [0.1, 0.15) is 50.7 Å². The summed E-state index contributed by atoms with van der Waals surface area (Å²) in [7, 11) is 1.70. The number of aryl methyl sites for hydroxylation is 1. The first-order valence-corrected chi connectivity index (χ1v) is 9.58. The van der Waals surface area contributed by atoms with Gasteiger partial charge in [0.2, 0.25) is 0 Å². The van der Waals surface area contributed by atoms with E-state index in [1.807, 2.05) is 19.9 Å². The number of halogens is 1. The number of hydrogen-bond donors (Lipinski definition) is 2. The smallest absolute Gasteiger partial charge is 0.256 e. The number of aliphatic hydroxyl groups excluding tert-OH is 1. The average Bonchev–Trinajstić information content (AvgIpc) is 2.86. The maximum Gasteiger partial charge on any atom is 0.256 e. The van der Waals surface area contributed by atoms with E-state index < -0.39 is 5.54 Å². The summed E-state index contributed by atoms with van der Waals surface area (Å²) in [4.78, 5) is 12.9. The van der Waals surface area contributed by atoms with Crippen LogP contribution in [-0.2, 0) is 16.0 Å². The van der Waals surface area contributed by atoms with Crippen molar-refractivity contribution in [3.8, 4) is 5.75 Å². The molecule has 1 aromatic rings. The first-order valence-electron chi connectivity index (χ1n) is 9.20. The molecule has 0 radical (unpaired) electrons. The Morgan fingerprint density at radius 2 is 2.00 bits per heavy atom. The quantitative estimate of drug-likeness (QED) is 0.810. The number of rotatable bonds is 5. The van der Waals surface area contributed by atoms with Crippen molar-refractivity contribution in [1.29, 1.82) is 0 Å². The van der Waals surface area contributed by atoms with Crippen LogP contribution >= 0.6 is 11.6 Å². The summed E-state index contributed by atoms with van der Waals surface area (Å²) in [5, 5.41) is 14.7. The first kappa shape index (κ1) is 19.1. The minimum Gasteiger partial charge on any atom is -0.509 e. The number of benzene rings is 1. The van der Waals surface area contributed by atoms with E-state index in [2.05, 4.69) is 5.32 Å². The van der Waals surface area contributed by atoms with E-state index >= 15 is 0 Å². The third-order valence-electron chi connectivity index (χ3n) is 5.47. The Labute approximate surface area is 159 Å². The number of hydrogen-bond acceptors (Lipinski definition) is 4. The largest absolute Gasteiger partial charge is 0.509 e. The van der Waals surface area contributed by atoms with Crippen molar-refractivity contribution in [2.24, 2.45) is 0 Å². The fraction of sp³-hybridized carbons (Fsp3) is 0.550. The summed E-state index contributed by atoms with van der Waals surface area (Å²) in [6.45, 7) is 4.33. The lowest BCUT2D eigenvalue weighted by molar-refractivity contribution is -0.116. The Morgan fingerprint density at radius 1 is 1.31 bits per heavy atom. The number of methoxy groups -OCH3 is 1. The average molecular weight is 380 g/mol. The van der Waals surface area contributed by atoms with Crippen LogP contribution in [0.25, 0.3) is 5.57 Å². The highest BCUT2D eigenvalue weighted by Gasteiger charge is 2.48. The zero-order chi connectivity index (χ0) is 18.9. The molecule has 6 heteroatoms. The molecule has 0 bridgehead atoms. The molecule has 5 nitrogen and oxygen atoms in total. The van der Waals surface area contributed by atoms with Crippen molar-refractivity contribution in [3.05, 3.63) is 34.0 Å². The second-order valence-electron chi connectivity index (χ2n) is 6.92. The molecular formula is C20H26ClNO4. The molecule has 26 heavy (non-hydrogen) atoms. The molecule has 0 unspecified atom stereocenters. The van der Waals surface area contributed by atoms with Gasteiger partial charge in [-0.15, -0.1) is 0 Å². The molecule has 2 aliphatic rings. The van der Waals surface area contributed by atoms with Crippen molar-refractivity contribution in [2.45, 2.75) is 57.6 Å². The number of aliphatic hydroxyl groups is 1. The number of nitrogens with one attached hydrogen (secondary N) is 1. The maximum atomic E-state index is 12.9. The van der Waals surface area contributed by atoms with E-state index in [-0.39, 0.29) is 17.8 Å². The molecule has 3 rings (SSSR count). The molecule has 1 heterocycles. The van der Waals surface area contributed by atoms with Crippen LogP contribution in [0.2, 0.25) is 5.02 Å². The fourth-order valence-corrected chi connectivity index (χ4v) is 4.30. The Balaban J connectivity index is 2.09. The molecule has 142 valence electrons. The number of carbonyl (C=O) groups excluding carboxylic acids is 1. The van der Waals surface area contributed by atoms with Gasteiger partial charge in [-0.1, -0.05) is 18.5 Å². The molecule has 1 fully saturated rings. The highest BCUT2D eigenvalue weighted by molar-refractivity contribution is 6.31. The van der Waals surface area contributed by atoms with Gasteiger partial charge in [-0.05, 0) is 56.7 Å². The van der Waals surface area contributed by atoms with Crippen LogP contribution < -0.4 is 10.1 Å². The van der Waals surface area contributed by atoms with Crippen LogP contribution in [-0.4, -0.2) is 36.4 Å². The summed E-state index contributed by atoms with van der Waals surface area (Å²) in [6, 6.07) is 3.54. The lowest BCUT2D eigenvalue weighted by Gasteiger charge is -2.36. The van der Waals surface area contributed by atoms with Gasteiger partial charge in [-0.25, -0.2) is 0 Å². The number of carbonyl (C=O) groups is 1. The molecule has 1 saturated carbocycles. The minimum absolute atomic E-state index is 0.120. The molecular weight excluding hydrogens is 354 g/mol. The zero-order valence-electron chi connectivity index (χ0n) is 15.5. The van der Waals surface area contributed by atoms with Gasteiger partial charge in [-0.3, -0.25) is 4.79 Å². The molecule has 0 atom stereocenters. The molecule has 1 aromatic carbocycles. The van der Waals surface area contributed by atoms with Crippen molar-refractivity contribution < 1.29 is 19.4 Å². The number of ether oxygens (including phenoxy) is 2. The van der Waals surface area contributed by atoms with Crippen molar-refractivity contribution >= 4 is 23.1 Å².